The zero-order valence-corrected chi connectivity index (χ0v) is 14.4. The summed E-state index contributed by atoms with van der Waals surface area (Å²) in [5, 5.41) is 7.15. The number of anilines is 1. The number of nitrogens with zero attached hydrogens (tertiary/aromatic N) is 1. The van der Waals surface area contributed by atoms with Crippen LogP contribution in [0.3, 0.4) is 0 Å². The molecule has 1 amide bonds. The molecule has 0 aromatic heterocycles. The highest BCUT2D eigenvalue weighted by Gasteiger charge is 2.27. The molecule has 3 N–H and O–H groups in total. The number of hydrogen-bond acceptors (Lipinski definition) is 2. The van der Waals surface area contributed by atoms with E-state index in [0.717, 1.165) is 49.8 Å². The number of aryl methyl sites for hydroxylation is 1. The van der Waals surface area contributed by atoms with E-state index in [4.69, 9.17) is 12.2 Å². The summed E-state index contributed by atoms with van der Waals surface area (Å²) in [6.07, 6.45) is 2.29. The maximum atomic E-state index is 11.9. The SMILES string of the molecule is Cc1cccc(NC(=S)N2CC[NH+](CC(=O)NC3CC3)CC2)c1. The standard InChI is InChI=1S/C17H24N4OS/c1-13-3-2-4-15(11-13)19-17(23)21-9-7-20(8-10-21)12-16(22)18-14-5-6-14/h2-4,11,14H,5-10,12H2,1H3,(H,18,22)(H,19,23)/p+1. The first-order valence-electron chi connectivity index (χ1n) is 8.36. The fourth-order valence-corrected chi connectivity index (χ4v) is 3.16. The van der Waals surface area contributed by atoms with E-state index in [1.165, 1.54) is 10.5 Å². The number of nitrogens with one attached hydrogen (secondary N) is 3. The summed E-state index contributed by atoms with van der Waals surface area (Å²) in [7, 11) is 0. The Morgan fingerprint density at radius 1 is 1.35 bits per heavy atom. The summed E-state index contributed by atoms with van der Waals surface area (Å²) >= 11 is 5.52. The van der Waals surface area contributed by atoms with Crippen molar-refractivity contribution in [2.75, 3.05) is 38.0 Å². The van der Waals surface area contributed by atoms with Crippen molar-refractivity contribution >= 4 is 28.9 Å². The largest absolute Gasteiger partial charge is 0.348 e. The highest BCUT2D eigenvalue weighted by molar-refractivity contribution is 7.80. The molecule has 0 bridgehead atoms. The quantitative estimate of drug-likeness (QED) is 0.688. The second kappa shape index (κ2) is 7.27. The summed E-state index contributed by atoms with van der Waals surface area (Å²) in [6.45, 7) is 6.35. The van der Waals surface area contributed by atoms with Crippen molar-refractivity contribution in [1.29, 1.82) is 0 Å². The van der Waals surface area contributed by atoms with Crippen molar-refractivity contribution in [2.45, 2.75) is 25.8 Å². The highest BCUT2D eigenvalue weighted by atomic mass is 32.1. The number of quaternary nitrogens is 1. The molecule has 1 aliphatic carbocycles. The molecule has 0 atom stereocenters. The van der Waals surface area contributed by atoms with Gasteiger partial charge in [-0.05, 0) is 49.7 Å². The van der Waals surface area contributed by atoms with E-state index in [1.54, 1.807) is 0 Å². The van der Waals surface area contributed by atoms with Gasteiger partial charge in [-0.15, -0.1) is 0 Å². The predicted octanol–water partition coefficient (Wildman–Crippen LogP) is 0.171. The highest BCUT2D eigenvalue weighted by Crippen LogP contribution is 2.18. The number of carbonyl (C=O) groups excluding carboxylic acids is 1. The molecule has 0 spiro atoms. The van der Waals surface area contributed by atoms with E-state index in [9.17, 15) is 4.79 Å². The van der Waals surface area contributed by atoms with Crippen LogP contribution in [0.25, 0.3) is 0 Å². The van der Waals surface area contributed by atoms with Gasteiger partial charge in [0.25, 0.3) is 5.91 Å². The minimum Gasteiger partial charge on any atom is -0.348 e. The van der Waals surface area contributed by atoms with Gasteiger partial charge in [0, 0.05) is 11.7 Å². The van der Waals surface area contributed by atoms with E-state index >= 15 is 0 Å². The lowest BCUT2D eigenvalue weighted by atomic mass is 10.2. The molecule has 5 nitrogen and oxygen atoms in total. The number of rotatable bonds is 4. The monoisotopic (exact) mass is 333 g/mol. The lowest BCUT2D eigenvalue weighted by Gasteiger charge is -2.33. The van der Waals surface area contributed by atoms with Gasteiger partial charge in [-0.3, -0.25) is 4.79 Å². The zero-order chi connectivity index (χ0) is 16.2. The Morgan fingerprint density at radius 3 is 2.74 bits per heavy atom. The number of hydrogen-bond donors (Lipinski definition) is 3. The molecule has 1 aliphatic heterocycles. The minimum atomic E-state index is 0.191. The molecule has 1 aromatic carbocycles. The molecule has 0 unspecified atom stereocenters. The van der Waals surface area contributed by atoms with E-state index in [-0.39, 0.29) is 5.91 Å². The molecule has 1 saturated heterocycles. The topological polar surface area (TPSA) is 48.8 Å². The Morgan fingerprint density at radius 2 is 2.09 bits per heavy atom. The predicted molar refractivity (Wildman–Crippen MR) is 95.7 cm³/mol. The van der Waals surface area contributed by atoms with Gasteiger partial charge in [0.2, 0.25) is 0 Å². The molecule has 1 saturated carbocycles. The number of amides is 1. The molecule has 2 aliphatic rings. The third-order valence-corrected chi connectivity index (χ3v) is 4.74. The average Bonchev–Trinajstić information content (AvgIpc) is 3.31. The molecule has 0 radical (unpaired) electrons. The van der Waals surface area contributed by atoms with Gasteiger partial charge in [0.15, 0.2) is 11.7 Å². The van der Waals surface area contributed by atoms with Crippen molar-refractivity contribution in [3.8, 4) is 0 Å². The fourth-order valence-electron chi connectivity index (χ4n) is 2.86. The van der Waals surface area contributed by atoms with Crippen LogP contribution in [0, 0.1) is 6.92 Å². The third-order valence-electron chi connectivity index (χ3n) is 4.38. The average molecular weight is 333 g/mol. The lowest BCUT2D eigenvalue weighted by molar-refractivity contribution is -0.895. The Balaban J connectivity index is 1.42. The zero-order valence-electron chi connectivity index (χ0n) is 13.6. The van der Waals surface area contributed by atoms with Gasteiger partial charge < -0.3 is 20.4 Å². The lowest BCUT2D eigenvalue weighted by Crippen LogP contribution is -3.15. The van der Waals surface area contributed by atoms with Crippen molar-refractivity contribution in [2.24, 2.45) is 0 Å². The summed E-state index contributed by atoms with van der Waals surface area (Å²) in [4.78, 5) is 15.4. The summed E-state index contributed by atoms with van der Waals surface area (Å²) < 4.78 is 0. The van der Waals surface area contributed by atoms with Gasteiger partial charge in [0.05, 0.1) is 26.2 Å². The molecule has 124 valence electrons. The summed E-state index contributed by atoms with van der Waals surface area (Å²) in [5.41, 5.74) is 2.25. The van der Waals surface area contributed by atoms with Gasteiger partial charge in [0.1, 0.15) is 0 Å². The van der Waals surface area contributed by atoms with E-state index in [0.29, 0.717) is 12.6 Å². The van der Waals surface area contributed by atoms with Crippen LogP contribution >= 0.6 is 12.2 Å². The van der Waals surface area contributed by atoms with E-state index < -0.39 is 0 Å². The first-order valence-corrected chi connectivity index (χ1v) is 8.76. The Kier molecular flexibility index (Phi) is 5.13. The maximum absolute atomic E-state index is 11.9. The Labute approximate surface area is 143 Å². The number of piperazine rings is 1. The van der Waals surface area contributed by atoms with Crippen LogP contribution in [0.5, 0.6) is 0 Å². The summed E-state index contributed by atoms with van der Waals surface area (Å²) in [5.74, 6) is 0.191. The maximum Gasteiger partial charge on any atom is 0.275 e. The first kappa shape index (κ1) is 16.2. The van der Waals surface area contributed by atoms with Crippen molar-refractivity contribution in [3.05, 3.63) is 29.8 Å². The smallest absolute Gasteiger partial charge is 0.275 e. The van der Waals surface area contributed by atoms with Crippen molar-refractivity contribution in [3.63, 3.8) is 0 Å². The first-order chi connectivity index (χ1) is 11.1. The molecule has 2 fully saturated rings. The number of benzene rings is 1. The van der Waals surface area contributed by atoms with E-state index in [1.807, 2.05) is 12.1 Å². The van der Waals surface area contributed by atoms with Gasteiger partial charge in [-0.1, -0.05) is 12.1 Å². The molecule has 23 heavy (non-hydrogen) atoms. The molecule has 1 aromatic rings. The van der Waals surface area contributed by atoms with Crippen LogP contribution in [-0.2, 0) is 4.79 Å². The second-order valence-electron chi connectivity index (χ2n) is 6.56. The number of carbonyl (C=O) groups is 1. The second-order valence-corrected chi connectivity index (χ2v) is 6.94. The minimum absolute atomic E-state index is 0.191. The normalized spacial score (nSPS) is 18.6. The van der Waals surface area contributed by atoms with Gasteiger partial charge >= 0.3 is 0 Å². The summed E-state index contributed by atoms with van der Waals surface area (Å²) in [6, 6.07) is 8.68. The van der Waals surface area contributed by atoms with E-state index in [2.05, 4.69) is 34.6 Å². The van der Waals surface area contributed by atoms with Gasteiger partial charge in [-0.2, -0.15) is 0 Å². The molecule has 1 heterocycles. The van der Waals surface area contributed by atoms with Crippen LogP contribution in [0.15, 0.2) is 24.3 Å². The Hall–Kier alpha value is -1.66. The van der Waals surface area contributed by atoms with Crippen molar-refractivity contribution < 1.29 is 9.69 Å². The van der Waals surface area contributed by atoms with Gasteiger partial charge in [-0.25, -0.2) is 0 Å². The van der Waals surface area contributed by atoms with Crippen molar-refractivity contribution in [1.82, 2.24) is 10.2 Å². The van der Waals surface area contributed by atoms with Crippen LogP contribution in [0.2, 0.25) is 0 Å². The molecular formula is C17H25N4OS+. The number of thiocarbonyl (C=S) groups is 1. The van der Waals surface area contributed by atoms with Crippen LogP contribution < -0.4 is 15.5 Å². The fraction of sp³-hybridized carbons (Fsp3) is 0.529. The van der Waals surface area contributed by atoms with Crippen LogP contribution in [0.4, 0.5) is 5.69 Å². The van der Waals surface area contributed by atoms with Crippen LogP contribution in [0.1, 0.15) is 18.4 Å². The molecule has 3 rings (SSSR count). The molecular weight excluding hydrogens is 308 g/mol. The Bertz CT molecular complexity index is 580. The van der Waals surface area contributed by atoms with Crippen LogP contribution in [-0.4, -0.2) is 54.7 Å². The third kappa shape index (κ3) is 4.91. The molecule has 6 heteroatoms.